The molecule has 1 aromatic heterocycles. The second-order valence-corrected chi connectivity index (χ2v) is 6.88. The molecule has 1 aromatic carbocycles. The zero-order chi connectivity index (χ0) is 19.6. The van der Waals surface area contributed by atoms with E-state index in [2.05, 4.69) is 5.32 Å². The van der Waals surface area contributed by atoms with Crippen LogP contribution in [0.15, 0.2) is 29.1 Å². The van der Waals surface area contributed by atoms with Crippen molar-refractivity contribution in [3.63, 3.8) is 0 Å². The van der Waals surface area contributed by atoms with E-state index < -0.39 is 28.6 Å². The largest absolute Gasteiger partial charge is 0.431 e. The monoisotopic (exact) mass is 384 g/mol. The van der Waals surface area contributed by atoms with E-state index in [4.69, 9.17) is 0 Å². The number of amides is 1. The Hall–Kier alpha value is -2.38. The predicted molar refractivity (Wildman–Crippen MR) is 92.8 cm³/mol. The first-order valence-corrected chi connectivity index (χ1v) is 8.93. The number of hydrogen-bond donors (Lipinski definition) is 1. The molecule has 1 fully saturated rings. The summed E-state index contributed by atoms with van der Waals surface area (Å²) < 4.78 is 55.1. The lowest BCUT2D eigenvalue weighted by Crippen LogP contribution is -2.31. The van der Waals surface area contributed by atoms with Crippen molar-refractivity contribution in [3.8, 4) is 0 Å². The minimum atomic E-state index is -4.82. The summed E-state index contributed by atoms with van der Waals surface area (Å²) >= 11 is 0. The molecule has 0 atom stereocenters. The Kier molecular flexibility index (Phi) is 5.53. The fraction of sp³-hybridized carbons (Fsp3) is 0.474. The van der Waals surface area contributed by atoms with Crippen LogP contribution in [0.4, 0.5) is 17.6 Å². The van der Waals surface area contributed by atoms with Crippen molar-refractivity contribution in [2.24, 2.45) is 5.92 Å². The van der Waals surface area contributed by atoms with Crippen molar-refractivity contribution < 1.29 is 22.4 Å². The number of nitrogens with one attached hydrogen (secondary N) is 1. The molecule has 146 valence electrons. The van der Waals surface area contributed by atoms with E-state index in [0.29, 0.717) is 18.4 Å². The maximum atomic E-state index is 14.2. The van der Waals surface area contributed by atoms with Crippen LogP contribution in [-0.2, 0) is 17.5 Å². The molecule has 2 aromatic rings. The normalized spacial score (nSPS) is 15.4. The third-order valence-corrected chi connectivity index (χ3v) is 4.98. The van der Waals surface area contributed by atoms with Crippen molar-refractivity contribution in [2.75, 3.05) is 6.54 Å². The van der Waals surface area contributed by atoms with E-state index in [1.54, 1.807) is 0 Å². The highest BCUT2D eigenvalue weighted by atomic mass is 19.4. The maximum absolute atomic E-state index is 14.2. The van der Waals surface area contributed by atoms with Gasteiger partial charge in [-0.15, -0.1) is 0 Å². The fourth-order valence-electron chi connectivity index (χ4n) is 3.71. The van der Waals surface area contributed by atoms with Gasteiger partial charge in [-0.2, -0.15) is 13.2 Å². The lowest BCUT2D eigenvalue weighted by atomic mass is 10.0. The number of aromatic nitrogens is 1. The Bertz CT molecular complexity index is 899. The minimum Gasteiger partial charge on any atom is -0.354 e. The van der Waals surface area contributed by atoms with Gasteiger partial charge in [0.25, 0.3) is 0 Å². The highest BCUT2D eigenvalue weighted by Crippen LogP contribution is 2.31. The summed E-state index contributed by atoms with van der Waals surface area (Å²) in [4.78, 5) is 24.0. The summed E-state index contributed by atoms with van der Waals surface area (Å²) in [5, 5.41) is 2.48. The molecule has 0 radical (unpaired) electrons. The van der Waals surface area contributed by atoms with Crippen LogP contribution in [-0.4, -0.2) is 17.0 Å². The van der Waals surface area contributed by atoms with Gasteiger partial charge < -0.3 is 9.88 Å². The van der Waals surface area contributed by atoms with Crippen LogP contribution in [0.5, 0.6) is 0 Å². The number of para-hydroxylation sites is 1. The van der Waals surface area contributed by atoms with Gasteiger partial charge in [0.2, 0.25) is 5.91 Å². The SMILES string of the molecule is O=C(CC1CCCC1)NCCn1c(C(F)(F)F)cc(=O)c2cccc(F)c21. The summed E-state index contributed by atoms with van der Waals surface area (Å²) in [7, 11) is 0. The number of benzene rings is 1. The second-order valence-electron chi connectivity index (χ2n) is 6.88. The van der Waals surface area contributed by atoms with Crippen molar-refractivity contribution in [1.29, 1.82) is 0 Å². The molecule has 3 rings (SSSR count). The molecule has 1 aliphatic rings. The number of carbonyl (C=O) groups is 1. The Balaban J connectivity index is 1.84. The molecule has 4 nitrogen and oxygen atoms in total. The molecule has 1 heterocycles. The number of halogens is 4. The predicted octanol–water partition coefficient (Wildman–Crippen LogP) is 3.86. The molecule has 1 amide bonds. The Labute approximate surface area is 153 Å². The van der Waals surface area contributed by atoms with Crippen LogP contribution in [0.3, 0.4) is 0 Å². The Morgan fingerprint density at radius 1 is 1.22 bits per heavy atom. The molecule has 1 N–H and O–H groups in total. The molecular weight excluding hydrogens is 364 g/mol. The quantitative estimate of drug-likeness (QED) is 0.796. The van der Waals surface area contributed by atoms with E-state index in [0.717, 1.165) is 36.3 Å². The average Bonchev–Trinajstić information content (AvgIpc) is 3.09. The minimum absolute atomic E-state index is 0.0824. The number of alkyl halides is 3. The van der Waals surface area contributed by atoms with Crippen LogP contribution in [0, 0.1) is 11.7 Å². The van der Waals surface area contributed by atoms with E-state index in [-0.39, 0.29) is 24.4 Å². The van der Waals surface area contributed by atoms with Gasteiger partial charge in [-0.05, 0) is 30.9 Å². The summed E-state index contributed by atoms with van der Waals surface area (Å²) in [6, 6.07) is 4.05. The van der Waals surface area contributed by atoms with Crippen molar-refractivity contribution in [2.45, 2.75) is 44.8 Å². The van der Waals surface area contributed by atoms with Gasteiger partial charge in [0, 0.05) is 31.0 Å². The maximum Gasteiger partial charge on any atom is 0.431 e. The summed E-state index contributed by atoms with van der Waals surface area (Å²) in [5.41, 5.74) is -2.52. The van der Waals surface area contributed by atoms with Gasteiger partial charge >= 0.3 is 6.18 Å². The number of carbonyl (C=O) groups excluding carboxylic acids is 1. The molecule has 0 spiro atoms. The average molecular weight is 384 g/mol. The number of rotatable bonds is 5. The topological polar surface area (TPSA) is 51.1 Å². The number of hydrogen-bond acceptors (Lipinski definition) is 2. The summed E-state index contributed by atoms with van der Waals surface area (Å²) in [5.74, 6) is -0.810. The van der Waals surface area contributed by atoms with E-state index in [1.807, 2.05) is 0 Å². The molecule has 1 saturated carbocycles. The molecular formula is C19H20F4N2O2. The molecule has 0 saturated heterocycles. The van der Waals surface area contributed by atoms with Crippen LogP contribution in [0.1, 0.15) is 37.8 Å². The highest BCUT2D eigenvalue weighted by molar-refractivity contribution is 5.80. The highest BCUT2D eigenvalue weighted by Gasteiger charge is 2.35. The van der Waals surface area contributed by atoms with E-state index in [1.165, 1.54) is 12.1 Å². The Morgan fingerprint density at radius 2 is 1.93 bits per heavy atom. The standard InChI is InChI=1S/C19H20F4N2O2/c20-14-7-3-6-13-15(26)11-16(19(21,22)23)25(18(13)14)9-8-24-17(27)10-12-4-1-2-5-12/h3,6-7,11-12H,1-2,4-5,8-10H2,(H,24,27). The van der Waals surface area contributed by atoms with Gasteiger partial charge in [-0.25, -0.2) is 4.39 Å². The third-order valence-electron chi connectivity index (χ3n) is 4.98. The molecule has 0 unspecified atom stereocenters. The van der Waals surface area contributed by atoms with Gasteiger partial charge in [0.1, 0.15) is 11.5 Å². The third kappa shape index (κ3) is 4.31. The van der Waals surface area contributed by atoms with Crippen LogP contribution in [0.25, 0.3) is 10.9 Å². The van der Waals surface area contributed by atoms with E-state index >= 15 is 0 Å². The first kappa shape index (κ1) is 19.4. The molecule has 0 bridgehead atoms. The van der Waals surface area contributed by atoms with Crippen LogP contribution < -0.4 is 10.7 Å². The fourth-order valence-corrected chi connectivity index (χ4v) is 3.71. The molecule has 1 aliphatic carbocycles. The van der Waals surface area contributed by atoms with Gasteiger partial charge in [-0.3, -0.25) is 9.59 Å². The van der Waals surface area contributed by atoms with Gasteiger partial charge in [0.15, 0.2) is 5.43 Å². The zero-order valence-corrected chi connectivity index (χ0v) is 14.6. The Morgan fingerprint density at radius 3 is 2.59 bits per heavy atom. The number of fused-ring (bicyclic) bond motifs is 1. The van der Waals surface area contributed by atoms with Crippen LogP contribution in [0.2, 0.25) is 0 Å². The van der Waals surface area contributed by atoms with Crippen LogP contribution >= 0.6 is 0 Å². The molecule has 0 aliphatic heterocycles. The van der Waals surface area contributed by atoms with Gasteiger partial charge in [0.05, 0.1) is 5.52 Å². The summed E-state index contributed by atoms with van der Waals surface area (Å²) in [6.07, 6.45) is -0.303. The van der Waals surface area contributed by atoms with Crippen molar-refractivity contribution in [1.82, 2.24) is 9.88 Å². The zero-order valence-electron chi connectivity index (χ0n) is 14.6. The first-order valence-electron chi connectivity index (χ1n) is 8.93. The molecule has 8 heteroatoms. The number of pyridine rings is 1. The lowest BCUT2D eigenvalue weighted by molar-refractivity contribution is -0.143. The molecule has 27 heavy (non-hydrogen) atoms. The van der Waals surface area contributed by atoms with E-state index in [9.17, 15) is 27.2 Å². The first-order chi connectivity index (χ1) is 12.8. The number of nitrogens with zero attached hydrogens (tertiary/aromatic N) is 1. The van der Waals surface area contributed by atoms with Crippen molar-refractivity contribution >= 4 is 16.8 Å². The lowest BCUT2D eigenvalue weighted by Gasteiger charge is -2.19. The smallest absolute Gasteiger partial charge is 0.354 e. The summed E-state index contributed by atoms with van der Waals surface area (Å²) in [6.45, 7) is -0.371. The van der Waals surface area contributed by atoms with Crippen molar-refractivity contribution in [3.05, 3.63) is 46.0 Å². The van der Waals surface area contributed by atoms with Gasteiger partial charge in [-0.1, -0.05) is 18.9 Å². The second kappa shape index (κ2) is 7.70.